The molecule has 1 aromatic carbocycles. The van der Waals surface area contributed by atoms with Crippen LogP contribution in [0.1, 0.15) is 31.5 Å². The number of aromatic nitrogens is 2. The summed E-state index contributed by atoms with van der Waals surface area (Å²) in [5, 5.41) is 0. The molecule has 0 radical (unpaired) electrons. The van der Waals surface area contributed by atoms with Crippen LogP contribution in [0.15, 0.2) is 24.3 Å². The molecule has 2 saturated heterocycles. The van der Waals surface area contributed by atoms with Gasteiger partial charge in [0.05, 0.1) is 30.8 Å². The van der Waals surface area contributed by atoms with Gasteiger partial charge in [-0.1, -0.05) is 12.1 Å². The first kappa shape index (κ1) is 18.4. The zero-order valence-corrected chi connectivity index (χ0v) is 16.3. The summed E-state index contributed by atoms with van der Waals surface area (Å²) in [6.45, 7) is 5.95. The molecule has 3 heterocycles. The number of rotatable bonds is 5. The number of piperidine rings is 1. The highest BCUT2D eigenvalue weighted by atomic mass is 16.5. The third-order valence-electron chi connectivity index (χ3n) is 5.98. The Morgan fingerprint density at radius 3 is 2.85 bits per heavy atom. The highest BCUT2D eigenvalue weighted by molar-refractivity contribution is 5.76. The van der Waals surface area contributed by atoms with Crippen LogP contribution in [0.25, 0.3) is 11.0 Å². The van der Waals surface area contributed by atoms with Crippen LogP contribution < -0.4 is 0 Å². The quantitative estimate of drug-likeness (QED) is 0.811. The zero-order valence-electron chi connectivity index (χ0n) is 16.3. The van der Waals surface area contributed by atoms with Crippen LogP contribution in [0.5, 0.6) is 0 Å². The van der Waals surface area contributed by atoms with Gasteiger partial charge in [0.25, 0.3) is 0 Å². The molecule has 0 saturated carbocycles. The van der Waals surface area contributed by atoms with Crippen molar-refractivity contribution < 1.29 is 9.53 Å². The van der Waals surface area contributed by atoms with E-state index < -0.39 is 0 Å². The van der Waals surface area contributed by atoms with Crippen molar-refractivity contribution in [2.24, 2.45) is 13.0 Å². The summed E-state index contributed by atoms with van der Waals surface area (Å²) in [7, 11) is 2.10. The van der Waals surface area contributed by atoms with Crippen molar-refractivity contribution in [2.45, 2.75) is 32.2 Å². The largest absolute Gasteiger partial charge is 0.378 e. The number of morpholine rings is 1. The number of carbonyl (C=O) groups is 1. The fourth-order valence-corrected chi connectivity index (χ4v) is 4.37. The maximum Gasteiger partial charge on any atom is 0.222 e. The highest BCUT2D eigenvalue weighted by Gasteiger charge is 2.24. The fraction of sp³-hybridized carbons (Fsp3) is 0.619. The average Bonchev–Trinajstić information content (AvgIpc) is 3.03. The molecule has 0 bridgehead atoms. The first-order valence-corrected chi connectivity index (χ1v) is 10.2. The van der Waals surface area contributed by atoms with Crippen LogP contribution in [0.3, 0.4) is 0 Å². The molecule has 0 N–H and O–H groups in total. The Kier molecular flexibility index (Phi) is 5.74. The predicted octanol–water partition coefficient (Wildman–Crippen LogP) is 2.42. The number of benzene rings is 1. The number of hydrogen-bond acceptors (Lipinski definition) is 4. The van der Waals surface area contributed by atoms with E-state index in [0.29, 0.717) is 31.5 Å². The summed E-state index contributed by atoms with van der Waals surface area (Å²) in [5.41, 5.74) is 2.26. The number of aryl methyl sites for hydroxylation is 1. The molecule has 27 heavy (non-hydrogen) atoms. The molecular formula is C21H30N4O2. The van der Waals surface area contributed by atoms with Crippen LogP contribution in [0, 0.1) is 5.92 Å². The lowest BCUT2D eigenvalue weighted by atomic mass is 9.93. The number of likely N-dealkylation sites (tertiary alicyclic amines) is 1. The maximum absolute atomic E-state index is 12.4. The summed E-state index contributed by atoms with van der Waals surface area (Å²) in [5.74, 6) is 2.03. The van der Waals surface area contributed by atoms with Gasteiger partial charge >= 0.3 is 0 Å². The van der Waals surface area contributed by atoms with E-state index in [2.05, 4.69) is 34.7 Å². The number of fused-ring (bicyclic) bond motifs is 1. The normalized spacial score (nSPS) is 21.7. The van der Waals surface area contributed by atoms with Crippen molar-refractivity contribution in [3.63, 3.8) is 0 Å². The number of imidazole rings is 1. The van der Waals surface area contributed by atoms with Crippen LogP contribution in [0.4, 0.5) is 0 Å². The van der Waals surface area contributed by atoms with Gasteiger partial charge in [-0.05, 0) is 43.9 Å². The van der Waals surface area contributed by atoms with Crippen LogP contribution in [-0.2, 0) is 23.1 Å². The number of carbonyl (C=O) groups excluding carboxylic acids is 1. The Balaban J connectivity index is 1.31. The van der Waals surface area contributed by atoms with E-state index in [9.17, 15) is 4.79 Å². The molecule has 6 nitrogen and oxygen atoms in total. The molecule has 2 aromatic rings. The van der Waals surface area contributed by atoms with E-state index in [1.807, 2.05) is 11.0 Å². The minimum atomic E-state index is 0.297. The van der Waals surface area contributed by atoms with E-state index in [1.165, 1.54) is 18.4 Å². The van der Waals surface area contributed by atoms with Crippen molar-refractivity contribution in [3.8, 4) is 0 Å². The Hall–Kier alpha value is -1.92. The lowest BCUT2D eigenvalue weighted by molar-refractivity contribution is -0.135. The van der Waals surface area contributed by atoms with Crippen molar-refractivity contribution >= 4 is 16.9 Å². The Bertz CT molecular complexity index is 782. The van der Waals surface area contributed by atoms with Crippen molar-refractivity contribution in [1.82, 2.24) is 19.4 Å². The lowest BCUT2D eigenvalue weighted by Crippen LogP contribution is -2.41. The molecule has 0 spiro atoms. The SMILES string of the molecule is Cn1c(CN2CCC[C@H](CCC(=O)N3CCOCC3)C2)nc2ccccc21. The monoisotopic (exact) mass is 370 g/mol. The van der Waals surface area contributed by atoms with Crippen molar-refractivity contribution in [3.05, 3.63) is 30.1 Å². The van der Waals surface area contributed by atoms with Crippen molar-refractivity contribution in [2.75, 3.05) is 39.4 Å². The number of hydrogen-bond donors (Lipinski definition) is 0. The summed E-state index contributed by atoms with van der Waals surface area (Å²) >= 11 is 0. The molecule has 1 atom stereocenters. The maximum atomic E-state index is 12.4. The van der Waals surface area contributed by atoms with E-state index in [0.717, 1.165) is 50.5 Å². The number of ether oxygens (including phenoxy) is 1. The smallest absolute Gasteiger partial charge is 0.222 e. The first-order valence-electron chi connectivity index (χ1n) is 10.2. The minimum absolute atomic E-state index is 0.297. The Morgan fingerprint density at radius 2 is 2.04 bits per heavy atom. The molecule has 6 heteroatoms. The summed E-state index contributed by atoms with van der Waals surface area (Å²) < 4.78 is 7.55. The average molecular weight is 370 g/mol. The minimum Gasteiger partial charge on any atom is -0.378 e. The van der Waals surface area contributed by atoms with Crippen LogP contribution in [0.2, 0.25) is 0 Å². The number of para-hydroxylation sites is 2. The Labute approximate surface area is 161 Å². The number of nitrogens with zero attached hydrogens (tertiary/aromatic N) is 4. The van der Waals surface area contributed by atoms with Gasteiger partial charge in [-0.25, -0.2) is 4.98 Å². The summed E-state index contributed by atoms with van der Waals surface area (Å²) in [4.78, 5) is 21.7. The molecule has 2 aliphatic heterocycles. The highest BCUT2D eigenvalue weighted by Crippen LogP contribution is 2.24. The second kappa shape index (κ2) is 8.40. The molecule has 0 aliphatic carbocycles. The third kappa shape index (κ3) is 4.33. The van der Waals surface area contributed by atoms with Gasteiger partial charge in [0.1, 0.15) is 5.82 Å². The summed E-state index contributed by atoms with van der Waals surface area (Å²) in [6, 6.07) is 8.31. The van der Waals surface area contributed by atoms with E-state index >= 15 is 0 Å². The van der Waals surface area contributed by atoms with Gasteiger partial charge in [0.2, 0.25) is 5.91 Å². The van der Waals surface area contributed by atoms with Gasteiger partial charge < -0.3 is 14.2 Å². The van der Waals surface area contributed by atoms with Crippen LogP contribution in [-0.4, -0.2) is 64.7 Å². The standard InChI is InChI=1S/C21H30N4O2/c1-23-19-7-3-2-6-18(19)22-20(23)16-24-10-4-5-17(15-24)8-9-21(26)25-11-13-27-14-12-25/h2-3,6-7,17H,4-5,8-16H2,1H3/t17-/m1/s1. The molecule has 1 aromatic heterocycles. The third-order valence-corrected chi connectivity index (χ3v) is 5.98. The molecule has 0 unspecified atom stereocenters. The topological polar surface area (TPSA) is 50.6 Å². The lowest BCUT2D eigenvalue weighted by Gasteiger charge is -2.33. The van der Waals surface area contributed by atoms with Gasteiger partial charge in [-0.3, -0.25) is 9.69 Å². The molecule has 2 fully saturated rings. The van der Waals surface area contributed by atoms with Crippen molar-refractivity contribution in [1.29, 1.82) is 0 Å². The van der Waals surface area contributed by atoms with Gasteiger partial charge in [0, 0.05) is 33.1 Å². The molecule has 4 rings (SSSR count). The van der Waals surface area contributed by atoms with Crippen LogP contribution >= 0.6 is 0 Å². The summed E-state index contributed by atoms with van der Waals surface area (Å²) in [6.07, 6.45) is 4.11. The van der Waals surface area contributed by atoms with E-state index in [-0.39, 0.29) is 0 Å². The van der Waals surface area contributed by atoms with Gasteiger partial charge in [-0.2, -0.15) is 0 Å². The van der Waals surface area contributed by atoms with Gasteiger partial charge in [-0.15, -0.1) is 0 Å². The first-order chi connectivity index (χ1) is 13.2. The molecular weight excluding hydrogens is 340 g/mol. The second-order valence-corrected chi connectivity index (χ2v) is 7.85. The zero-order chi connectivity index (χ0) is 18.6. The number of amides is 1. The molecule has 2 aliphatic rings. The van der Waals surface area contributed by atoms with E-state index in [1.54, 1.807) is 0 Å². The Morgan fingerprint density at radius 1 is 1.22 bits per heavy atom. The molecule has 1 amide bonds. The molecule has 146 valence electrons. The van der Waals surface area contributed by atoms with Gasteiger partial charge in [0.15, 0.2) is 0 Å². The fourth-order valence-electron chi connectivity index (χ4n) is 4.37. The second-order valence-electron chi connectivity index (χ2n) is 7.85. The predicted molar refractivity (Wildman–Crippen MR) is 105 cm³/mol. The van der Waals surface area contributed by atoms with E-state index in [4.69, 9.17) is 9.72 Å².